The van der Waals surface area contributed by atoms with Gasteiger partial charge in [-0.3, -0.25) is 0 Å². The molecule has 4 heteroatoms. The Morgan fingerprint density at radius 1 is 1.47 bits per heavy atom. The van der Waals surface area contributed by atoms with Gasteiger partial charge in [0, 0.05) is 19.7 Å². The van der Waals surface area contributed by atoms with Gasteiger partial charge in [-0.15, -0.1) is 0 Å². The number of rotatable bonds is 3. The number of furan rings is 1. The molecule has 0 fully saturated rings. The second-order valence-electron chi connectivity index (χ2n) is 3.54. The Labute approximate surface area is 88.2 Å². The van der Waals surface area contributed by atoms with E-state index >= 15 is 0 Å². The molecule has 0 radical (unpaired) electrons. The normalized spacial score (nSPS) is 10.9. The predicted molar refractivity (Wildman–Crippen MR) is 56.4 cm³/mol. The predicted octanol–water partition coefficient (Wildman–Crippen LogP) is 1.52. The molecule has 0 bridgehead atoms. The minimum Gasteiger partial charge on any atom is -0.460 e. The van der Waals surface area contributed by atoms with Gasteiger partial charge >= 0.3 is 0 Å². The molecule has 0 amide bonds. The smallest absolute Gasteiger partial charge is 0.154 e. The SMILES string of the molecule is Cc1ccc(-c2cn(C)c(CCO)n2)o1. The molecule has 0 aliphatic carbocycles. The van der Waals surface area contributed by atoms with Crippen LogP contribution in [-0.2, 0) is 13.5 Å². The molecular weight excluding hydrogens is 192 g/mol. The Bertz CT molecular complexity index is 457. The molecule has 15 heavy (non-hydrogen) atoms. The zero-order valence-corrected chi connectivity index (χ0v) is 8.90. The molecular formula is C11H14N2O2. The quantitative estimate of drug-likeness (QED) is 0.828. The van der Waals surface area contributed by atoms with Crippen molar-refractivity contribution in [2.24, 2.45) is 7.05 Å². The maximum Gasteiger partial charge on any atom is 0.154 e. The molecule has 0 aliphatic rings. The van der Waals surface area contributed by atoms with Crippen LogP contribution in [0.15, 0.2) is 22.7 Å². The van der Waals surface area contributed by atoms with Gasteiger partial charge in [0.05, 0.1) is 6.61 Å². The molecule has 1 N–H and O–H groups in total. The van der Waals surface area contributed by atoms with E-state index in [1.165, 1.54) is 0 Å². The van der Waals surface area contributed by atoms with Crippen LogP contribution >= 0.6 is 0 Å². The summed E-state index contributed by atoms with van der Waals surface area (Å²) in [7, 11) is 1.91. The Morgan fingerprint density at radius 3 is 2.87 bits per heavy atom. The van der Waals surface area contributed by atoms with Gasteiger partial charge in [0.15, 0.2) is 5.76 Å². The van der Waals surface area contributed by atoms with Gasteiger partial charge in [-0.25, -0.2) is 4.98 Å². The number of aliphatic hydroxyl groups is 1. The summed E-state index contributed by atoms with van der Waals surface area (Å²) < 4.78 is 7.38. The van der Waals surface area contributed by atoms with Crippen LogP contribution in [0.5, 0.6) is 0 Å². The lowest BCUT2D eigenvalue weighted by Gasteiger charge is -1.95. The summed E-state index contributed by atoms with van der Waals surface area (Å²) in [6, 6.07) is 3.82. The highest BCUT2D eigenvalue weighted by Crippen LogP contribution is 2.20. The number of aryl methyl sites for hydroxylation is 2. The van der Waals surface area contributed by atoms with Crippen LogP contribution in [0.1, 0.15) is 11.6 Å². The molecule has 4 nitrogen and oxygen atoms in total. The summed E-state index contributed by atoms with van der Waals surface area (Å²) in [5, 5.41) is 8.85. The van der Waals surface area contributed by atoms with E-state index in [1.807, 2.05) is 36.9 Å². The maximum absolute atomic E-state index is 8.85. The lowest BCUT2D eigenvalue weighted by atomic mass is 10.3. The Morgan fingerprint density at radius 2 is 2.27 bits per heavy atom. The lowest BCUT2D eigenvalue weighted by molar-refractivity contribution is 0.295. The van der Waals surface area contributed by atoms with Crippen LogP contribution < -0.4 is 0 Å². The van der Waals surface area contributed by atoms with E-state index in [9.17, 15) is 0 Å². The summed E-state index contributed by atoms with van der Waals surface area (Å²) in [6.07, 6.45) is 2.47. The average Bonchev–Trinajstić information content (AvgIpc) is 2.75. The van der Waals surface area contributed by atoms with Crippen LogP contribution in [0.25, 0.3) is 11.5 Å². The van der Waals surface area contributed by atoms with Gasteiger partial charge in [-0.1, -0.05) is 0 Å². The van der Waals surface area contributed by atoms with Crippen molar-refractivity contribution in [3.63, 3.8) is 0 Å². The van der Waals surface area contributed by atoms with Gasteiger partial charge in [-0.05, 0) is 19.1 Å². The minimum atomic E-state index is 0.113. The molecule has 0 atom stereocenters. The van der Waals surface area contributed by atoms with Crippen molar-refractivity contribution in [2.45, 2.75) is 13.3 Å². The monoisotopic (exact) mass is 206 g/mol. The van der Waals surface area contributed by atoms with E-state index < -0.39 is 0 Å². The summed E-state index contributed by atoms with van der Waals surface area (Å²) in [5.41, 5.74) is 0.814. The van der Waals surface area contributed by atoms with E-state index in [4.69, 9.17) is 9.52 Å². The zero-order valence-electron chi connectivity index (χ0n) is 8.90. The lowest BCUT2D eigenvalue weighted by Crippen LogP contribution is -1.99. The van der Waals surface area contributed by atoms with E-state index in [2.05, 4.69) is 4.98 Å². The van der Waals surface area contributed by atoms with Crippen LogP contribution in [0, 0.1) is 6.92 Å². The van der Waals surface area contributed by atoms with E-state index in [-0.39, 0.29) is 6.61 Å². The standard InChI is InChI=1S/C11H14N2O2/c1-8-3-4-10(15-8)9-7-13(2)11(12-9)5-6-14/h3-4,7,14H,5-6H2,1-2H3. The molecule has 0 aliphatic heterocycles. The highest BCUT2D eigenvalue weighted by molar-refractivity contribution is 5.51. The van der Waals surface area contributed by atoms with Crippen LogP contribution in [0.4, 0.5) is 0 Å². The van der Waals surface area contributed by atoms with Gasteiger partial charge in [0.2, 0.25) is 0 Å². The van der Waals surface area contributed by atoms with Crippen LogP contribution in [0.2, 0.25) is 0 Å². The molecule has 0 saturated heterocycles. The van der Waals surface area contributed by atoms with Crippen molar-refractivity contribution in [3.8, 4) is 11.5 Å². The third-order valence-electron chi connectivity index (χ3n) is 2.30. The van der Waals surface area contributed by atoms with Crippen LogP contribution in [-0.4, -0.2) is 21.3 Å². The molecule has 0 saturated carbocycles. The number of hydrogen-bond donors (Lipinski definition) is 1. The largest absolute Gasteiger partial charge is 0.460 e. The first kappa shape index (κ1) is 9.98. The number of aromatic nitrogens is 2. The molecule has 2 aromatic rings. The molecule has 2 aromatic heterocycles. The fraction of sp³-hybridized carbons (Fsp3) is 0.364. The van der Waals surface area contributed by atoms with Crippen molar-refractivity contribution in [3.05, 3.63) is 29.9 Å². The molecule has 80 valence electrons. The zero-order chi connectivity index (χ0) is 10.8. The molecule has 0 spiro atoms. The van der Waals surface area contributed by atoms with Crippen molar-refractivity contribution in [2.75, 3.05) is 6.61 Å². The van der Waals surface area contributed by atoms with Gasteiger partial charge in [0.25, 0.3) is 0 Å². The first-order chi connectivity index (χ1) is 7.20. The Kier molecular flexibility index (Phi) is 2.60. The average molecular weight is 206 g/mol. The van der Waals surface area contributed by atoms with Crippen molar-refractivity contribution in [1.82, 2.24) is 9.55 Å². The number of hydrogen-bond acceptors (Lipinski definition) is 3. The summed E-state index contributed by atoms with van der Waals surface area (Å²) in [6.45, 7) is 2.02. The molecule has 0 unspecified atom stereocenters. The third kappa shape index (κ3) is 1.94. The Hall–Kier alpha value is -1.55. The molecule has 0 aromatic carbocycles. The topological polar surface area (TPSA) is 51.2 Å². The fourth-order valence-electron chi connectivity index (χ4n) is 1.53. The van der Waals surface area contributed by atoms with Crippen molar-refractivity contribution < 1.29 is 9.52 Å². The third-order valence-corrected chi connectivity index (χ3v) is 2.30. The number of nitrogens with zero attached hydrogens (tertiary/aromatic N) is 2. The first-order valence-corrected chi connectivity index (χ1v) is 4.90. The second-order valence-corrected chi connectivity index (χ2v) is 3.54. The van der Waals surface area contributed by atoms with Gasteiger partial charge in [0.1, 0.15) is 17.3 Å². The van der Waals surface area contributed by atoms with Gasteiger partial charge < -0.3 is 14.1 Å². The molecule has 2 heterocycles. The summed E-state index contributed by atoms with van der Waals surface area (Å²) >= 11 is 0. The van der Waals surface area contributed by atoms with E-state index in [0.29, 0.717) is 6.42 Å². The number of aliphatic hydroxyl groups excluding tert-OH is 1. The summed E-state index contributed by atoms with van der Waals surface area (Å²) in [5.74, 6) is 2.51. The van der Waals surface area contributed by atoms with Crippen molar-refractivity contribution >= 4 is 0 Å². The first-order valence-electron chi connectivity index (χ1n) is 4.90. The Balaban J connectivity index is 2.33. The van der Waals surface area contributed by atoms with Crippen LogP contribution in [0.3, 0.4) is 0 Å². The van der Waals surface area contributed by atoms with E-state index in [1.54, 1.807) is 0 Å². The van der Waals surface area contributed by atoms with E-state index in [0.717, 1.165) is 23.0 Å². The highest BCUT2D eigenvalue weighted by atomic mass is 16.3. The van der Waals surface area contributed by atoms with Crippen molar-refractivity contribution in [1.29, 1.82) is 0 Å². The second kappa shape index (κ2) is 3.90. The summed E-state index contributed by atoms with van der Waals surface area (Å²) in [4.78, 5) is 4.39. The highest BCUT2D eigenvalue weighted by Gasteiger charge is 2.09. The maximum atomic E-state index is 8.85. The van der Waals surface area contributed by atoms with Gasteiger partial charge in [-0.2, -0.15) is 0 Å². The minimum absolute atomic E-state index is 0.113. The fourth-order valence-corrected chi connectivity index (χ4v) is 1.53. The molecule has 2 rings (SSSR count). The number of imidazole rings is 1.